The molecule has 2 atom stereocenters. The van der Waals surface area contributed by atoms with E-state index >= 15 is 0 Å². The molecule has 1 saturated carbocycles. The molecule has 0 bridgehead atoms. The Hall–Kier alpha value is -0.0800. The standard InChI is InChI=1S/C6H12O2.C2H6/c1-8-6-3-2-5(7)4-6;1-2/h5-7H,2-4H2,1H3;1-2H3. The molecule has 62 valence electrons. The molecule has 0 heterocycles. The van der Waals surface area contributed by atoms with Gasteiger partial charge < -0.3 is 9.84 Å². The third-order valence-corrected chi connectivity index (χ3v) is 1.69. The Kier molecular flexibility index (Phi) is 5.64. The van der Waals surface area contributed by atoms with Crippen LogP contribution in [0.4, 0.5) is 0 Å². The summed E-state index contributed by atoms with van der Waals surface area (Å²) in [5.74, 6) is 0. The maximum absolute atomic E-state index is 8.95. The summed E-state index contributed by atoms with van der Waals surface area (Å²) < 4.78 is 5.02. The monoisotopic (exact) mass is 146 g/mol. The van der Waals surface area contributed by atoms with Crippen LogP contribution in [-0.4, -0.2) is 24.4 Å². The fraction of sp³-hybridized carbons (Fsp3) is 1.00. The van der Waals surface area contributed by atoms with Gasteiger partial charge in [0, 0.05) is 7.11 Å². The summed E-state index contributed by atoms with van der Waals surface area (Å²) in [7, 11) is 1.70. The number of hydrogen-bond donors (Lipinski definition) is 1. The Morgan fingerprint density at radius 3 is 2.10 bits per heavy atom. The highest BCUT2D eigenvalue weighted by atomic mass is 16.5. The van der Waals surface area contributed by atoms with Gasteiger partial charge in [-0.3, -0.25) is 0 Å². The minimum absolute atomic E-state index is 0.0973. The number of hydrogen-bond acceptors (Lipinski definition) is 2. The Morgan fingerprint density at radius 2 is 1.90 bits per heavy atom. The van der Waals surface area contributed by atoms with E-state index in [9.17, 15) is 0 Å². The molecule has 2 nitrogen and oxygen atoms in total. The quantitative estimate of drug-likeness (QED) is 0.608. The minimum atomic E-state index is -0.0973. The first-order valence-electron chi connectivity index (χ1n) is 4.04. The van der Waals surface area contributed by atoms with Crippen molar-refractivity contribution in [1.82, 2.24) is 0 Å². The molecule has 10 heavy (non-hydrogen) atoms. The molecule has 1 fully saturated rings. The summed E-state index contributed by atoms with van der Waals surface area (Å²) in [5.41, 5.74) is 0. The third-order valence-electron chi connectivity index (χ3n) is 1.69. The van der Waals surface area contributed by atoms with Crippen molar-refractivity contribution in [3.8, 4) is 0 Å². The van der Waals surface area contributed by atoms with E-state index in [-0.39, 0.29) is 6.10 Å². The first-order chi connectivity index (χ1) is 4.83. The zero-order chi connectivity index (χ0) is 7.98. The van der Waals surface area contributed by atoms with E-state index in [0.717, 1.165) is 19.3 Å². The summed E-state index contributed by atoms with van der Waals surface area (Å²) in [6.45, 7) is 4.00. The highest BCUT2D eigenvalue weighted by Gasteiger charge is 2.21. The molecule has 1 aliphatic rings. The Morgan fingerprint density at radius 1 is 1.30 bits per heavy atom. The Labute approximate surface area is 63.2 Å². The molecule has 0 spiro atoms. The first kappa shape index (κ1) is 9.92. The predicted molar refractivity (Wildman–Crippen MR) is 42.0 cm³/mol. The lowest BCUT2D eigenvalue weighted by Crippen LogP contribution is -2.06. The molecule has 0 aromatic carbocycles. The van der Waals surface area contributed by atoms with Gasteiger partial charge in [0.05, 0.1) is 12.2 Å². The van der Waals surface area contributed by atoms with Gasteiger partial charge in [0.2, 0.25) is 0 Å². The molecule has 0 aromatic rings. The van der Waals surface area contributed by atoms with Crippen molar-refractivity contribution in [3.63, 3.8) is 0 Å². The summed E-state index contributed by atoms with van der Waals surface area (Å²) >= 11 is 0. The van der Waals surface area contributed by atoms with Crippen molar-refractivity contribution in [2.75, 3.05) is 7.11 Å². The van der Waals surface area contributed by atoms with E-state index in [1.807, 2.05) is 13.8 Å². The van der Waals surface area contributed by atoms with Gasteiger partial charge in [-0.15, -0.1) is 0 Å². The summed E-state index contributed by atoms with van der Waals surface area (Å²) in [6.07, 6.45) is 3.00. The average molecular weight is 146 g/mol. The van der Waals surface area contributed by atoms with Gasteiger partial charge in [-0.25, -0.2) is 0 Å². The topological polar surface area (TPSA) is 29.5 Å². The lowest BCUT2D eigenvalue weighted by molar-refractivity contribution is 0.0898. The molecule has 2 unspecified atom stereocenters. The van der Waals surface area contributed by atoms with Crippen LogP contribution in [0.25, 0.3) is 0 Å². The second kappa shape index (κ2) is 5.69. The van der Waals surface area contributed by atoms with Crippen molar-refractivity contribution in [3.05, 3.63) is 0 Å². The lowest BCUT2D eigenvalue weighted by atomic mass is 10.3. The van der Waals surface area contributed by atoms with Crippen molar-refractivity contribution in [2.45, 2.75) is 45.3 Å². The van der Waals surface area contributed by atoms with E-state index in [4.69, 9.17) is 9.84 Å². The smallest absolute Gasteiger partial charge is 0.0596 e. The van der Waals surface area contributed by atoms with Crippen LogP contribution in [0.1, 0.15) is 33.1 Å². The van der Waals surface area contributed by atoms with E-state index in [2.05, 4.69) is 0 Å². The van der Waals surface area contributed by atoms with Crippen molar-refractivity contribution in [2.24, 2.45) is 0 Å². The highest BCUT2D eigenvalue weighted by molar-refractivity contribution is 4.73. The lowest BCUT2D eigenvalue weighted by Gasteiger charge is -2.03. The summed E-state index contributed by atoms with van der Waals surface area (Å²) in [6, 6.07) is 0. The van der Waals surface area contributed by atoms with Crippen LogP contribution in [0, 0.1) is 0 Å². The maximum Gasteiger partial charge on any atom is 0.0596 e. The highest BCUT2D eigenvalue weighted by Crippen LogP contribution is 2.20. The van der Waals surface area contributed by atoms with Gasteiger partial charge in [-0.05, 0) is 19.3 Å². The van der Waals surface area contributed by atoms with Crippen molar-refractivity contribution >= 4 is 0 Å². The normalized spacial score (nSPS) is 31.2. The van der Waals surface area contributed by atoms with E-state index < -0.39 is 0 Å². The fourth-order valence-electron chi connectivity index (χ4n) is 1.13. The zero-order valence-corrected chi connectivity index (χ0v) is 7.13. The molecule has 0 radical (unpaired) electrons. The van der Waals surface area contributed by atoms with Crippen LogP contribution in [0.15, 0.2) is 0 Å². The number of ether oxygens (including phenoxy) is 1. The zero-order valence-electron chi connectivity index (χ0n) is 7.13. The first-order valence-corrected chi connectivity index (χ1v) is 4.04. The van der Waals surface area contributed by atoms with Crippen LogP contribution < -0.4 is 0 Å². The van der Waals surface area contributed by atoms with Gasteiger partial charge in [0.15, 0.2) is 0 Å². The van der Waals surface area contributed by atoms with Gasteiger partial charge in [-0.2, -0.15) is 0 Å². The SMILES string of the molecule is CC.COC1CCC(O)C1. The molecule has 0 saturated heterocycles. The van der Waals surface area contributed by atoms with E-state index in [1.54, 1.807) is 7.11 Å². The molecule has 1 N–H and O–H groups in total. The minimum Gasteiger partial charge on any atom is -0.393 e. The summed E-state index contributed by atoms with van der Waals surface area (Å²) in [5, 5.41) is 8.95. The van der Waals surface area contributed by atoms with Gasteiger partial charge in [-0.1, -0.05) is 13.8 Å². The summed E-state index contributed by atoms with van der Waals surface area (Å²) in [4.78, 5) is 0. The predicted octanol–water partition coefficient (Wildman–Crippen LogP) is 1.57. The number of aliphatic hydroxyl groups is 1. The second-order valence-corrected chi connectivity index (χ2v) is 2.32. The largest absolute Gasteiger partial charge is 0.393 e. The number of rotatable bonds is 1. The third kappa shape index (κ3) is 3.18. The van der Waals surface area contributed by atoms with Gasteiger partial charge in [0.1, 0.15) is 0 Å². The molecular formula is C8H18O2. The molecule has 1 aliphatic carbocycles. The number of aliphatic hydroxyl groups excluding tert-OH is 1. The molecule has 2 heteroatoms. The number of methoxy groups -OCH3 is 1. The Balaban J connectivity index is 0.000000371. The van der Waals surface area contributed by atoms with Crippen LogP contribution in [-0.2, 0) is 4.74 Å². The van der Waals surface area contributed by atoms with Crippen molar-refractivity contribution in [1.29, 1.82) is 0 Å². The fourth-order valence-corrected chi connectivity index (χ4v) is 1.13. The van der Waals surface area contributed by atoms with E-state index in [0.29, 0.717) is 6.10 Å². The second-order valence-electron chi connectivity index (χ2n) is 2.32. The van der Waals surface area contributed by atoms with Crippen LogP contribution in [0.5, 0.6) is 0 Å². The molecule has 0 aliphatic heterocycles. The molecule has 1 rings (SSSR count). The van der Waals surface area contributed by atoms with Crippen LogP contribution >= 0.6 is 0 Å². The average Bonchev–Trinajstić information content (AvgIpc) is 2.40. The van der Waals surface area contributed by atoms with Crippen LogP contribution in [0.2, 0.25) is 0 Å². The van der Waals surface area contributed by atoms with E-state index in [1.165, 1.54) is 0 Å². The van der Waals surface area contributed by atoms with Gasteiger partial charge in [0.25, 0.3) is 0 Å². The molecular weight excluding hydrogens is 128 g/mol. The maximum atomic E-state index is 8.95. The van der Waals surface area contributed by atoms with Crippen LogP contribution in [0.3, 0.4) is 0 Å². The van der Waals surface area contributed by atoms with Crippen molar-refractivity contribution < 1.29 is 9.84 Å². The molecule has 0 aromatic heterocycles. The molecule has 0 amide bonds. The Bertz CT molecular complexity index is 73.7. The van der Waals surface area contributed by atoms with Gasteiger partial charge >= 0.3 is 0 Å².